The number of allylic oxidation sites excluding steroid dienone is 5. The molecule has 2 aromatic rings. The molecule has 1 fully saturated rings. The van der Waals surface area contributed by atoms with E-state index < -0.39 is 5.82 Å². The maximum atomic E-state index is 15.1. The summed E-state index contributed by atoms with van der Waals surface area (Å²) in [5.41, 5.74) is 18.0. The predicted octanol–water partition coefficient (Wildman–Crippen LogP) is 3.58. The van der Waals surface area contributed by atoms with E-state index in [4.69, 9.17) is 16.2 Å². The molecule has 178 valence electrons. The van der Waals surface area contributed by atoms with Gasteiger partial charge >= 0.3 is 0 Å². The van der Waals surface area contributed by atoms with Gasteiger partial charge in [-0.15, -0.1) is 0 Å². The van der Waals surface area contributed by atoms with Crippen LogP contribution in [-0.4, -0.2) is 38.8 Å². The molecule has 0 aliphatic carbocycles. The van der Waals surface area contributed by atoms with Crippen molar-refractivity contribution in [1.29, 1.82) is 0 Å². The van der Waals surface area contributed by atoms with Crippen molar-refractivity contribution in [3.63, 3.8) is 0 Å². The molecule has 0 unspecified atom stereocenters. The summed E-state index contributed by atoms with van der Waals surface area (Å²) in [6, 6.07) is 11.2. The number of ether oxygens (including phenoxy) is 1. The Hall–Kier alpha value is -3.58. The van der Waals surface area contributed by atoms with Gasteiger partial charge in [0.2, 0.25) is 0 Å². The van der Waals surface area contributed by atoms with Crippen LogP contribution in [0.15, 0.2) is 59.9 Å². The zero-order valence-electron chi connectivity index (χ0n) is 19.7. The van der Waals surface area contributed by atoms with E-state index in [-0.39, 0.29) is 17.3 Å². The second-order valence-corrected chi connectivity index (χ2v) is 8.83. The molecule has 0 radical (unpaired) electrons. The van der Waals surface area contributed by atoms with E-state index in [1.165, 1.54) is 6.07 Å². The van der Waals surface area contributed by atoms with Crippen LogP contribution in [0, 0.1) is 5.82 Å². The zero-order chi connectivity index (χ0) is 24.2. The molecule has 0 atom stereocenters. The van der Waals surface area contributed by atoms with Gasteiger partial charge in [-0.25, -0.2) is 4.39 Å². The molecule has 0 bridgehead atoms. The standard InChI is InChI=1S/C27H31FN4O2/c1-17(2)13-20(18-3-5-21(6-4-18)32-9-11-34-12-10-32)15-24(26(29)30)23-14-19-7-8-31-27(33)22(19)16-25(23)28/h3-6,13-16H,7-12,29-30H2,1-2H3,(H,31,33)/b20-15+. The Labute approximate surface area is 199 Å². The molecule has 6 nitrogen and oxygen atoms in total. The number of amides is 1. The number of carbonyl (C=O) groups is 1. The minimum Gasteiger partial charge on any atom is -0.385 e. The largest absolute Gasteiger partial charge is 0.385 e. The lowest BCUT2D eigenvalue weighted by molar-refractivity contribution is 0.0945. The van der Waals surface area contributed by atoms with Crippen LogP contribution in [0.1, 0.15) is 40.9 Å². The Morgan fingerprint density at radius 1 is 1.09 bits per heavy atom. The van der Waals surface area contributed by atoms with Crippen LogP contribution in [0.4, 0.5) is 10.1 Å². The molecule has 0 saturated carbocycles. The first-order valence-electron chi connectivity index (χ1n) is 11.5. The number of anilines is 1. The van der Waals surface area contributed by atoms with Gasteiger partial charge in [0.15, 0.2) is 0 Å². The smallest absolute Gasteiger partial charge is 0.251 e. The summed E-state index contributed by atoms with van der Waals surface area (Å²) in [5, 5.41) is 2.74. The lowest BCUT2D eigenvalue weighted by Crippen LogP contribution is -2.36. The highest BCUT2D eigenvalue weighted by Crippen LogP contribution is 2.30. The molecule has 2 aromatic carbocycles. The number of hydrogen-bond acceptors (Lipinski definition) is 5. The molecule has 0 spiro atoms. The van der Waals surface area contributed by atoms with Crippen molar-refractivity contribution in [2.75, 3.05) is 37.7 Å². The van der Waals surface area contributed by atoms with Crippen LogP contribution in [-0.2, 0) is 11.2 Å². The summed E-state index contributed by atoms with van der Waals surface area (Å²) in [4.78, 5) is 14.4. The number of rotatable bonds is 5. The minimum atomic E-state index is -0.533. The van der Waals surface area contributed by atoms with E-state index in [9.17, 15) is 4.79 Å². The van der Waals surface area contributed by atoms with Crippen molar-refractivity contribution in [2.45, 2.75) is 20.3 Å². The molecule has 4 rings (SSSR count). The van der Waals surface area contributed by atoms with E-state index in [0.29, 0.717) is 24.1 Å². The fourth-order valence-electron chi connectivity index (χ4n) is 4.33. The van der Waals surface area contributed by atoms with Crippen molar-refractivity contribution in [3.05, 3.63) is 88.0 Å². The molecule has 2 aliphatic heterocycles. The van der Waals surface area contributed by atoms with E-state index in [2.05, 4.69) is 22.3 Å². The molecular weight excluding hydrogens is 431 g/mol. The number of nitrogens with one attached hydrogen (secondary N) is 1. The Balaban J connectivity index is 1.74. The van der Waals surface area contributed by atoms with Crippen molar-refractivity contribution >= 4 is 22.7 Å². The third-order valence-corrected chi connectivity index (χ3v) is 6.04. The van der Waals surface area contributed by atoms with Crippen LogP contribution in [0.5, 0.6) is 0 Å². The quantitative estimate of drug-likeness (QED) is 0.591. The number of morpholine rings is 1. The normalized spacial score (nSPS) is 15.9. The van der Waals surface area contributed by atoms with Crippen molar-refractivity contribution < 1.29 is 13.9 Å². The third kappa shape index (κ3) is 5.15. The summed E-state index contributed by atoms with van der Waals surface area (Å²) in [5.74, 6) is -0.780. The SMILES string of the molecule is CC(C)=C/C(=C\C(=C(N)N)c1cc2c(cc1F)C(=O)NCC2)c1ccc(N2CCOCC2)cc1. The first-order valence-corrected chi connectivity index (χ1v) is 11.5. The number of hydrogen-bond donors (Lipinski definition) is 3. The first kappa shape index (κ1) is 23.6. The fraction of sp³-hybridized carbons (Fsp3) is 0.296. The van der Waals surface area contributed by atoms with Gasteiger partial charge in [0.05, 0.1) is 13.2 Å². The van der Waals surface area contributed by atoms with Gasteiger partial charge in [0.25, 0.3) is 5.91 Å². The molecule has 5 N–H and O–H groups in total. The fourth-order valence-corrected chi connectivity index (χ4v) is 4.33. The number of nitrogens with zero attached hydrogens (tertiary/aromatic N) is 1. The highest BCUT2D eigenvalue weighted by molar-refractivity contribution is 5.98. The highest BCUT2D eigenvalue weighted by Gasteiger charge is 2.21. The monoisotopic (exact) mass is 462 g/mol. The molecule has 7 heteroatoms. The lowest BCUT2D eigenvalue weighted by atomic mass is 9.92. The maximum absolute atomic E-state index is 15.1. The van der Waals surface area contributed by atoms with Gasteiger partial charge in [0, 0.05) is 42.0 Å². The third-order valence-electron chi connectivity index (χ3n) is 6.04. The molecule has 1 saturated heterocycles. The van der Waals surface area contributed by atoms with Gasteiger partial charge in [-0.05, 0) is 67.3 Å². The Morgan fingerprint density at radius 2 is 1.79 bits per heavy atom. The highest BCUT2D eigenvalue weighted by atomic mass is 19.1. The summed E-state index contributed by atoms with van der Waals surface area (Å²) in [7, 11) is 0. The van der Waals surface area contributed by atoms with Crippen LogP contribution in [0.25, 0.3) is 11.1 Å². The molecule has 2 aliphatic rings. The Bertz CT molecular complexity index is 1170. The topological polar surface area (TPSA) is 93.6 Å². The molecule has 2 heterocycles. The average molecular weight is 463 g/mol. The van der Waals surface area contributed by atoms with Gasteiger partial charge < -0.3 is 26.4 Å². The predicted molar refractivity (Wildman–Crippen MR) is 135 cm³/mol. The molecular formula is C27H31FN4O2. The Morgan fingerprint density at radius 3 is 2.44 bits per heavy atom. The molecule has 34 heavy (non-hydrogen) atoms. The second kappa shape index (κ2) is 10.1. The summed E-state index contributed by atoms with van der Waals surface area (Å²) >= 11 is 0. The van der Waals surface area contributed by atoms with Gasteiger partial charge in [-0.1, -0.05) is 23.8 Å². The van der Waals surface area contributed by atoms with Gasteiger partial charge in [-0.2, -0.15) is 0 Å². The van der Waals surface area contributed by atoms with E-state index >= 15 is 4.39 Å². The molecule has 0 aromatic heterocycles. The van der Waals surface area contributed by atoms with Crippen LogP contribution in [0.2, 0.25) is 0 Å². The lowest BCUT2D eigenvalue weighted by Gasteiger charge is -2.29. The van der Waals surface area contributed by atoms with Crippen LogP contribution in [0.3, 0.4) is 0 Å². The summed E-state index contributed by atoms with van der Waals surface area (Å²) in [6.45, 7) is 7.70. The molecule has 1 amide bonds. The maximum Gasteiger partial charge on any atom is 0.251 e. The average Bonchev–Trinajstić information content (AvgIpc) is 2.82. The van der Waals surface area contributed by atoms with Gasteiger partial charge in [0.1, 0.15) is 11.6 Å². The minimum absolute atomic E-state index is 0.0173. The van der Waals surface area contributed by atoms with Crippen LogP contribution >= 0.6 is 0 Å². The van der Waals surface area contributed by atoms with Crippen LogP contribution < -0.4 is 21.7 Å². The number of carbonyl (C=O) groups excluding carboxylic acids is 1. The van der Waals surface area contributed by atoms with E-state index in [0.717, 1.165) is 54.3 Å². The van der Waals surface area contributed by atoms with Crippen molar-refractivity contribution in [3.8, 4) is 0 Å². The summed E-state index contributed by atoms with van der Waals surface area (Å²) < 4.78 is 20.6. The summed E-state index contributed by atoms with van der Waals surface area (Å²) in [6.07, 6.45) is 4.47. The second-order valence-electron chi connectivity index (χ2n) is 8.83. The number of fused-ring (bicyclic) bond motifs is 1. The number of nitrogens with two attached hydrogens (primary N) is 2. The number of benzene rings is 2. The Kier molecular flexibility index (Phi) is 7.03. The number of halogens is 1. The zero-order valence-corrected chi connectivity index (χ0v) is 19.7. The van der Waals surface area contributed by atoms with Crippen molar-refractivity contribution in [2.24, 2.45) is 11.5 Å². The van der Waals surface area contributed by atoms with E-state index in [1.807, 2.05) is 38.1 Å². The van der Waals surface area contributed by atoms with Gasteiger partial charge in [-0.3, -0.25) is 4.79 Å². The van der Waals surface area contributed by atoms with E-state index in [1.54, 1.807) is 6.07 Å². The first-order chi connectivity index (χ1) is 16.3. The van der Waals surface area contributed by atoms with Crippen molar-refractivity contribution in [1.82, 2.24) is 5.32 Å².